The summed E-state index contributed by atoms with van der Waals surface area (Å²) in [6.45, 7) is 5.00. The number of ether oxygens (including phenoxy) is 4. The fourth-order valence-electron chi connectivity index (χ4n) is 4.58. The molecular formula is C27H29N5O4. The second-order valence-corrected chi connectivity index (χ2v) is 8.52. The van der Waals surface area contributed by atoms with Gasteiger partial charge in [0.05, 0.1) is 33.8 Å². The summed E-state index contributed by atoms with van der Waals surface area (Å²) >= 11 is 0. The van der Waals surface area contributed by atoms with Gasteiger partial charge in [-0.25, -0.2) is 14.5 Å². The van der Waals surface area contributed by atoms with Crippen molar-refractivity contribution in [2.75, 3.05) is 28.4 Å². The van der Waals surface area contributed by atoms with Crippen LogP contribution in [0.1, 0.15) is 16.8 Å². The lowest BCUT2D eigenvalue weighted by atomic mass is 10.1. The Balaban J connectivity index is 1.53. The number of benzene rings is 2. The van der Waals surface area contributed by atoms with Crippen LogP contribution in [0.15, 0.2) is 42.7 Å². The highest BCUT2D eigenvalue weighted by Gasteiger charge is 2.19. The van der Waals surface area contributed by atoms with Gasteiger partial charge in [-0.1, -0.05) is 6.07 Å². The summed E-state index contributed by atoms with van der Waals surface area (Å²) in [7, 11) is 6.52. The SMILES string of the molecule is COc1ccc(CCn2c(C)c(C)c3c2ncn2nc(-c4ccc(OC)c(OC)c4)nc32)cc1OC. The van der Waals surface area contributed by atoms with Crippen LogP contribution < -0.4 is 18.9 Å². The van der Waals surface area contributed by atoms with Gasteiger partial charge in [-0.15, -0.1) is 5.10 Å². The van der Waals surface area contributed by atoms with Gasteiger partial charge in [-0.05, 0) is 61.7 Å². The zero-order chi connectivity index (χ0) is 25.4. The monoisotopic (exact) mass is 487 g/mol. The molecule has 5 rings (SSSR count). The summed E-state index contributed by atoms with van der Waals surface area (Å²) in [5, 5.41) is 5.69. The van der Waals surface area contributed by atoms with Crippen LogP contribution >= 0.6 is 0 Å². The van der Waals surface area contributed by atoms with Gasteiger partial charge in [-0.2, -0.15) is 0 Å². The molecule has 5 aromatic rings. The molecule has 0 aliphatic heterocycles. The van der Waals surface area contributed by atoms with Crippen LogP contribution in [0.5, 0.6) is 23.0 Å². The van der Waals surface area contributed by atoms with E-state index in [0.717, 1.165) is 63.5 Å². The number of aromatic nitrogens is 5. The Morgan fingerprint density at radius 3 is 2.14 bits per heavy atom. The predicted molar refractivity (Wildman–Crippen MR) is 138 cm³/mol. The smallest absolute Gasteiger partial charge is 0.182 e. The van der Waals surface area contributed by atoms with Crippen molar-refractivity contribution < 1.29 is 18.9 Å². The molecule has 0 unspecified atom stereocenters. The van der Waals surface area contributed by atoms with Gasteiger partial charge in [0.1, 0.15) is 12.0 Å². The maximum atomic E-state index is 5.46. The van der Waals surface area contributed by atoms with Gasteiger partial charge in [0.2, 0.25) is 0 Å². The molecule has 0 N–H and O–H groups in total. The fraction of sp³-hybridized carbons (Fsp3) is 0.296. The highest BCUT2D eigenvalue weighted by atomic mass is 16.5. The molecule has 0 aliphatic rings. The third-order valence-electron chi connectivity index (χ3n) is 6.66. The lowest BCUT2D eigenvalue weighted by Crippen LogP contribution is -2.05. The number of aryl methyl sites for hydroxylation is 3. The summed E-state index contributed by atoms with van der Waals surface area (Å²) in [6.07, 6.45) is 2.54. The third kappa shape index (κ3) is 3.86. The van der Waals surface area contributed by atoms with Crippen LogP contribution in [0.3, 0.4) is 0 Å². The Labute approximate surface area is 209 Å². The fourth-order valence-corrected chi connectivity index (χ4v) is 4.58. The van der Waals surface area contributed by atoms with Gasteiger partial charge >= 0.3 is 0 Å². The molecule has 0 spiro atoms. The van der Waals surface area contributed by atoms with Gasteiger partial charge in [0.15, 0.2) is 34.5 Å². The van der Waals surface area contributed by atoms with Crippen molar-refractivity contribution >= 4 is 16.7 Å². The van der Waals surface area contributed by atoms with Gasteiger partial charge in [0, 0.05) is 17.8 Å². The first-order valence-corrected chi connectivity index (χ1v) is 11.6. The van der Waals surface area contributed by atoms with Crippen LogP contribution in [0.2, 0.25) is 0 Å². The Kier molecular flexibility index (Phi) is 6.13. The summed E-state index contributed by atoms with van der Waals surface area (Å²) in [5.74, 6) is 3.34. The van der Waals surface area contributed by atoms with E-state index in [1.54, 1.807) is 39.3 Å². The Morgan fingerprint density at radius 1 is 0.778 bits per heavy atom. The van der Waals surface area contributed by atoms with Crippen molar-refractivity contribution in [3.63, 3.8) is 0 Å². The molecule has 0 amide bonds. The molecule has 3 aromatic heterocycles. The Morgan fingerprint density at radius 2 is 1.44 bits per heavy atom. The highest BCUT2D eigenvalue weighted by Crippen LogP contribution is 2.33. The lowest BCUT2D eigenvalue weighted by molar-refractivity contribution is 0.354. The maximum Gasteiger partial charge on any atom is 0.182 e. The molecule has 0 saturated heterocycles. The van der Waals surface area contributed by atoms with Gasteiger partial charge in [-0.3, -0.25) is 0 Å². The third-order valence-corrected chi connectivity index (χ3v) is 6.66. The van der Waals surface area contributed by atoms with Crippen LogP contribution in [-0.4, -0.2) is 52.6 Å². The second-order valence-electron chi connectivity index (χ2n) is 8.52. The minimum absolute atomic E-state index is 0.598. The molecule has 2 aromatic carbocycles. The van der Waals surface area contributed by atoms with E-state index in [0.29, 0.717) is 17.3 Å². The zero-order valence-electron chi connectivity index (χ0n) is 21.3. The Bertz CT molecular complexity index is 1570. The van der Waals surface area contributed by atoms with Crippen LogP contribution in [-0.2, 0) is 13.0 Å². The molecular weight excluding hydrogens is 458 g/mol. The number of hydrogen-bond donors (Lipinski definition) is 0. The first-order chi connectivity index (χ1) is 17.5. The molecule has 9 nitrogen and oxygen atoms in total. The Hall–Kier alpha value is -4.27. The maximum absolute atomic E-state index is 5.46. The van der Waals surface area contributed by atoms with E-state index in [4.69, 9.17) is 28.9 Å². The van der Waals surface area contributed by atoms with E-state index in [1.807, 2.05) is 30.3 Å². The minimum Gasteiger partial charge on any atom is -0.493 e. The topological polar surface area (TPSA) is 84.9 Å². The standard InChI is InChI=1S/C27H29N5O4/c1-16-17(2)31(12-11-18-7-9-20(33-3)22(13-18)35-5)26-24(16)27-29-25(30-32(27)15-28-26)19-8-10-21(34-4)23(14-19)36-6/h7-10,13-15H,11-12H2,1-6H3. The molecule has 36 heavy (non-hydrogen) atoms. The molecule has 186 valence electrons. The average Bonchev–Trinajstić information content (AvgIpc) is 3.45. The minimum atomic E-state index is 0.598. The van der Waals surface area contributed by atoms with Gasteiger partial charge < -0.3 is 23.5 Å². The van der Waals surface area contributed by atoms with E-state index in [-0.39, 0.29) is 0 Å². The molecule has 0 atom stereocenters. The van der Waals surface area contributed by atoms with Crippen LogP contribution in [0, 0.1) is 13.8 Å². The number of rotatable bonds is 8. The number of nitrogens with zero attached hydrogens (tertiary/aromatic N) is 5. The summed E-state index contributed by atoms with van der Waals surface area (Å²) in [5.41, 5.74) is 5.96. The lowest BCUT2D eigenvalue weighted by Gasteiger charge is -2.11. The summed E-state index contributed by atoms with van der Waals surface area (Å²) in [4.78, 5) is 9.66. The van der Waals surface area contributed by atoms with Crippen LogP contribution in [0.25, 0.3) is 28.1 Å². The molecule has 0 aliphatic carbocycles. The summed E-state index contributed by atoms with van der Waals surface area (Å²) in [6, 6.07) is 11.7. The first-order valence-electron chi connectivity index (χ1n) is 11.6. The van der Waals surface area contributed by atoms with E-state index in [9.17, 15) is 0 Å². The normalized spacial score (nSPS) is 11.3. The van der Waals surface area contributed by atoms with Crippen molar-refractivity contribution in [2.45, 2.75) is 26.8 Å². The number of hydrogen-bond acceptors (Lipinski definition) is 7. The molecule has 0 radical (unpaired) electrons. The van der Waals surface area contributed by atoms with Crippen molar-refractivity contribution in [1.29, 1.82) is 0 Å². The van der Waals surface area contributed by atoms with Crippen molar-refractivity contribution in [3.8, 4) is 34.4 Å². The first kappa shape index (κ1) is 23.5. The largest absolute Gasteiger partial charge is 0.493 e. The molecule has 3 heterocycles. The van der Waals surface area contributed by atoms with E-state index >= 15 is 0 Å². The van der Waals surface area contributed by atoms with E-state index < -0.39 is 0 Å². The van der Waals surface area contributed by atoms with Crippen molar-refractivity contribution in [2.24, 2.45) is 0 Å². The van der Waals surface area contributed by atoms with E-state index in [1.165, 1.54) is 0 Å². The van der Waals surface area contributed by atoms with Crippen LogP contribution in [0.4, 0.5) is 0 Å². The van der Waals surface area contributed by atoms with Gasteiger partial charge in [0.25, 0.3) is 0 Å². The van der Waals surface area contributed by atoms with Crippen molar-refractivity contribution in [1.82, 2.24) is 24.1 Å². The second kappa shape index (κ2) is 9.41. The van der Waals surface area contributed by atoms with E-state index in [2.05, 4.69) is 29.6 Å². The highest BCUT2D eigenvalue weighted by molar-refractivity contribution is 5.94. The molecule has 0 bridgehead atoms. The zero-order valence-corrected chi connectivity index (χ0v) is 21.3. The van der Waals surface area contributed by atoms with Crippen molar-refractivity contribution in [3.05, 3.63) is 59.5 Å². The molecule has 0 saturated carbocycles. The predicted octanol–water partition coefficient (Wildman–Crippen LogP) is 4.64. The number of methoxy groups -OCH3 is 4. The quantitative estimate of drug-likeness (QED) is 0.315. The molecule has 0 fully saturated rings. The number of fused-ring (bicyclic) bond motifs is 3. The molecule has 9 heteroatoms. The average molecular weight is 488 g/mol. The summed E-state index contributed by atoms with van der Waals surface area (Å²) < 4.78 is 25.6.